The molecule has 0 N–H and O–H groups in total. The molecule has 0 bridgehead atoms. The molecule has 1 rings (SSSR count). The molecule has 2 heteroatoms. The number of hydrogen-bond acceptors (Lipinski definition) is 1. The minimum absolute atomic E-state index is 1.06. The van der Waals surface area contributed by atoms with Crippen molar-refractivity contribution >= 4 is 8.07 Å². The summed E-state index contributed by atoms with van der Waals surface area (Å²) < 4.78 is 5.26. The molecule has 0 amide bonds. The van der Waals surface area contributed by atoms with Gasteiger partial charge >= 0.3 is 0 Å². The van der Waals surface area contributed by atoms with Crippen molar-refractivity contribution in [3.63, 3.8) is 0 Å². The van der Waals surface area contributed by atoms with E-state index in [1.807, 2.05) is 12.1 Å². The van der Waals surface area contributed by atoms with Gasteiger partial charge in [0.1, 0.15) is 5.76 Å². The Bertz CT molecular complexity index is 224. The van der Waals surface area contributed by atoms with Crippen molar-refractivity contribution in [2.75, 3.05) is 0 Å². The lowest BCUT2D eigenvalue weighted by atomic mass is 10.5. The number of hydrogen-bond donors (Lipinski definition) is 0. The highest BCUT2D eigenvalue weighted by molar-refractivity contribution is 6.81. The minimum Gasteiger partial charge on any atom is -0.470 e. The van der Waals surface area contributed by atoms with Gasteiger partial charge in [-0.3, -0.25) is 0 Å². The highest BCUT2D eigenvalue weighted by Gasteiger charge is 2.17. The average Bonchev–Trinajstić information content (AvgIpc) is 2.39. The van der Waals surface area contributed by atoms with E-state index in [-0.39, 0.29) is 0 Å². The lowest BCUT2D eigenvalue weighted by molar-refractivity contribution is 0.527. The average molecular weight is 166 g/mol. The second-order valence-electron chi connectivity index (χ2n) is 3.45. The zero-order valence-electron chi connectivity index (χ0n) is 7.13. The van der Waals surface area contributed by atoms with Gasteiger partial charge in [0.25, 0.3) is 0 Å². The van der Waals surface area contributed by atoms with Crippen LogP contribution in [0.5, 0.6) is 0 Å². The molecule has 0 radical (unpaired) electrons. The van der Waals surface area contributed by atoms with Gasteiger partial charge in [-0.05, 0) is 12.1 Å². The molecule has 1 aromatic heterocycles. The summed E-state index contributed by atoms with van der Waals surface area (Å²) in [6.45, 7) is 8.39. The predicted molar refractivity (Wildman–Crippen MR) is 50.1 cm³/mol. The Kier molecular flexibility index (Phi) is 2.34. The zero-order valence-corrected chi connectivity index (χ0v) is 8.13. The van der Waals surface area contributed by atoms with E-state index in [1.54, 1.807) is 6.26 Å². The Morgan fingerprint density at radius 1 is 1.64 bits per heavy atom. The van der Waals surface area contributed by atoms with Crippen LogP contribution in [0.4, 0.5) is 0 Å². The van der Waals surface area contributed by atoms with E-state index in [4.69, 9.17) is 4.42 Å². The second kappa shape index (κ2) is 3.09. The molecular formula is C9H14OSi. The fourth-order valence-electron chi connectivity index (χ4n) is 0.934. The van der Waals surface area contributed by atoms with Crippen LogP contribution in [0.2, 0.25) is 13.1 Å². The first-order valence-electron chi connectivity index (χ1n) is 3.80. The molecule has 0 aromatic carbocycles. The van der Waals surface area contributed by atoms with E-state index < -0.39 is 8.07 Å². The van der Waals surface area contributed by atoms with Gasteiger partial charge in [0.15, 0.2) is 0 Å². The topological polar surface area (TPSA) is 13.1 Å². The maximum atomic E-state index is 5.26. The van der Waals surface area contributed by atoms with Gasteiger partial charge in [-0.1, -0.05) is 13.1 Å². The van der Waals surface area contributed by atoms with E-state index in [0.29, 0.717) is 0 Å². The molecule has 60 valence electrons. The van der Waals surface area contributed by atoms with Crippen LogP contribution >= 0.6 is 0 Å². The quantitative estimate of drug-likeness (QED) is 0.629. The molecule has 0 saturated heterocycles. The standard InChI is InChI=1S/C9H14OSi/c1-4-11(2,3)8-9-6-5-7-10-9/h4-7H,1,8H2,2-3H3. The van der Waals surface area contributed by atoms with Gasteiger partial charge in [0.05, 0.1) is 14.3 Å². The van der Waals surface area contributed by atoms with Crippen LogP contribution in [-0.2, 0) is 6.04 Å². The summed E-state index contributed by atoms with van der Waals surface area (Å²) >= 11 is 0. The highest BCUT2D eigenvalue weighted by Crippen LogP contribution is 2.12. The van der Waals surface area contributed by atoms with E-state index in [2.05, 4.69) is 25.4 Å². The van der Waals surface area contributed by atoms with Crippen molar-refractivity contribution < 1.29 is 4.42 Å². The van der Waals surface area contributed by atoms with Crippen molar-refractivity contribution in [1.29, 1.82) is 0 Å². The first-order chi connectivity index (χ1) is 5.14. The van der Waals surface area contributed by atoms with Crippen LogP contribution in [-0.4, -0.2) is 8.07 Å². The first kappa shape index (κ1) is 8.33. The summed E-state index contributed by atoms with van der Waals surface area (Å²) in [5, 5.41) is 0. The molecule has 0 spiro atoms. The lowest BCUT2D eigenvalue weighted by Crippen LogP contribution is -2.25. The third-order valence-corrected chi connectivity index (χ3v) is 4.13. The smallest absolute Gasteiger partial charge is 0.101 e. The van der Waals surface area contributed by atoms with Crippen LogP contribution in [0.1, 0.15) is 5.76 Å². The fourth-order valence-corrected chi connectivity index (χ4v) is 2.18. The second-order valence-corrected chi connectivity index (χ2v) is 8.19. The van der Waals surface area contributed by atoms with E-state index in [0.717, 1.165) is 11.8 Å². The zero-order chi connectivity index (χ0) is 8.32. The van der Waals surface area contributed by atoms with Gasteiger partial charge in [-0.25, -0.2) is 0 Å². The monoisotopic (exact) mass is 166 g/mol. The molecule has 1 aromatic rings. The Labute approximate surface area is 68.7 Å². The van der Waals surface area contributed by atoms with Gasteiger partial charge in [-0.2, -0.15) is 0 Å². The first-order valence-corrected chi connectivity index (χ1v) is 7.08. The summed E-state index contributed by atoms with van der Waals surface area (Å²) in [7, 11) is -1.21. The largest absolute Gasteiger partial charge is 0.470 e. The lowest BCUT2D eigenvalue weighted by Gasteiger charge is -2.14. The van der Waals surface area contributed by atoms with Crippen LogP contribution in [0, 0.1) is 0 Å². The van der Waals surface area contributed by atoms with Crippen molar-refractivity contribution in [2.45, 2.75) is 19.1 Å². The maximum absolute atomic E-state index is 5.26. The predicted octanol–water partition coefficient (Wildman–Crippen LogP) is 2.79. The Hall–Kier alpha value is -0.763. The van der Waals surface area contributed by atoms with Crippen LogP contribution in [0.3, 0.4) is 0 Å². The van der Waals surface area contributed by atoms with Crippen molar-refractivity contribution in [3.8, 4) is 0 Å². The summed E-state index contributed by atoms with van der Waals surface area (Å²) in [4.78, 5) is 0. The molecule has 1 heterocycles. The molecule has 0 aliphatic rings. The fraction of sp³-hybridized carbons (Fsp3) is 0.333. The van der Waals surface area contributed by atoms with Gasteiger partial charge < -0.3 is 4.42 Å². The van der Waals surface area contributed by atoms with E-state index in [9.17, 15) is 0 Å². The minimum atomic E-state index is -1.21. The summed E-state index contributed by atoms with van der Waals surface area (Å²) in [6.07, 6.45) is 1.73. The summed E-state index contributed by atoms with van der Waals surface area (Å²) in [6, 6.07) is 5.02. The highest BCUT2D eigenvalue weighted by atomic mass is 28.3. The third kappa shape index (κ3) is 2.39. The Balaban J connectivity index is 2.63. The van der Waals surface area contributed by atoms with Gasteiger partial charge in [-0.15, -0.1) is 12.3 Å². The molecule has 0 aliphatic carbocycles. The molecule has 0 unspecified atom stereocenters. The van der Waals surface area contributed by atoms with Crippen molar-refractivity contribution in [3.05, 3.63) is 36.4 Å². The third-order valence-electron chi connectivity index (χ3n) is 1.76. The Morgan fingerprint density at radius 2 is 2.36 bits per heavy atom. The molecule has 0 saturated carbocycles. The number of rotatable bonds is 3. The SMILES string of the molecule is C=C[Si](C)(C)Cc1ccco1. The summed E-state index contributed by atoms with van der Waals surface area (Å²) in [5.41, 5.74) is 2.09. The Morgan fingerprint density at radius 3 is 2.82 bits per heavy atom. The van der Waals surface area contributed by atoms with Gasteiger partial charge in [0, 0.05) is 6.04 Å². The van der Waals surface area contributed by atoms with Crippen molar-refractivity contribution in [1.82, 2.24) is 0 Å². The van der Waals surface area contributed by atoms with Crippen LogP contribution in [0.25, 0.3) is 0 Å². The van der Waals surface area contributed by atoms with Crippen molar-refractivity contribution in [2.24, 2.45) is 0 Å². The van der Waals surface area contributed by atoms with E-state index in [1.165, 1.54) is 0 Å². The molecule has 1 nitrogen and oxygen atoms in total. The molecule has 0 fully saturated rings. The normalized spacial score (nSPS) is 11.5. The van der Waals surface area contributed by atoms with E-state index >= 15 is 0 Å². The van der Waals surface area contributed by atoms with Crippen LogP contribution in [0.15, 0.2) is 35.1 Å². The molecule has 0 atom stereocenters. The molecular weight excluding hydrogens is 152 g/mol. The molecule has 11 heavy (non-hydrogen) atoms. The number of furan rings is 1. The maximum Gasteiger partial charge on any atom is 0.101 e. The van der Waals surface area contributed by atoms with Crippen LogP contribution < -0.4 is 0 Å². The molecule has 0 aliphatic heterocycles. The summed E-state index contributed by atoms with van der Waals surface area (Å²) in [5.74, 6) is 1.08. The van der Waals surface area contributed by atoms with Gasteiger partial charge in [0.2, 0.25) is 0 Å².